The molecule has 1 amide bonds. The summed E-state index contributed by atoms with van der Waals surface area (Å²) in [7, 11) is 0. The summed E-state index contributed by atoms with van der Waals surface area (Å²) in [6.07, 6.45) is 0. The highest BCUT2D eigenvalue weighted by Crippen LogP contribution is 2.22. The van der Waals surface area contributed by atoms with Gasteiger partial charge in [0.1, 0.15) is 0 Å². The number of hydrogen-bond acceptors (Lipinski definition) is 4. The van der Waals surface area contributed by atoms with E-state index in [1.165, 1.54) is 6.07 Å². The van der Waals surface area contributed by atoms with Crippen molar-refractivity contribution >= 4 is 17.3 Å². The Balaban J connectivity index is 2.14. The van der Waals surface area contributed by atoms with Crippen LogP contribution in [0.3, 0.4) is 0 Å². The van der Waals surface area contributed by atoms with E-state index in [1.54, 1.807) is 38.1 Å². The quantitative estimate of drug-likeness (QED) is 0.503. The third-order valence-corrected chi connectivity index (χ3v) is 4.16. The van der Waals surface area contributed by atoms with Crippen molar-refractivity contribution in [3.8, 4) is 0 Å². The van der Waals surface area contributed by atoms with Gasteiger partial charge in [0.15, 0.2) is 0 Å². The number of nitrogens with one attached hydrogen (secondary N) is 1. The first-order chi connectivity index (χ1) is 12.1. The van der Waals surface area contributed by atoms with Gasteiger partial charge in [-0.2, -0.15) is 5.10 Å². The second-order valence-electron chi connectivity index (χ2n) is 7.22. The first kappa shape index (κ1) is 19.3. The van der Waals surface area contributed by atoms with Gasteiger partial charge < -0.3 is 0 Å². The minimum absolute atomic E-state index is 0.0178. The van der Waals surface area contributed by atoms with Gasteiger partial charge in [-0.25, -0.2) is 5.43 Å². The van der Waals surface area contributed by atoms with E-state index in [2.05, 4.69) is 31.3 Å². The summed E-state index contributed by atoms with van der Waals surface area (Å²) < 4.78 is 0. The largest absolute Gasteiger partial charge is 0.272 e. The molecule has 0 heterocycles. The fourth-order valence-corrected chi connectivity index (χ4v) is 2.42. The molecule has 0 bridgehead atoms. The molecular weight excluding hydrogens is 330 g/mol. The van der Waals surface area contributed by atoms with Gasteiger partial charge in [0.05, 0.1) is 10.6 Å². The molecule has 0 aromatic heterocycles. The van der Waals surface area contributed by atoms with Crippen LogP contribution in [-0.4, -0.2) is 16.5 Å². The van der Waals surface area contributed by atoms with Gasteiger partial charge in [-0.3, -0.25) is 14.9 Å². The summed E-state index contributed by atoms with van der Waals surface area (Å²) in [6.45, 7) is 9.69. The molecular formula is C20H23N3O3. The van der Waals surface area contributed by atoms with Crippen molar-refractivity contribution in [2.24, 2.45) is 5.10 Å². The summed E-state index contributed by atoms with van der Waals surface area (Å²) >= 11 is 0. The number of benzene rings is 2. The zero-order valence-electron chi connectivity index (χ0n) is 15.7. The standard InChI is InChI=1S/C20H23N3O3/c1-13-6-7-16(12-18(13)23(25)26)14(2)21-22-19(24)15-8-10-17(11-9-15)20(3,4)5/h6-12H,1-5H3,(H,22,24). The second-order valence-corrected chi connectivity index (χ2v) is 7.22. The van der Waals surface area contributed by atoms with Gasteiger partial charge >= 0.3 is 0 Å². The molecule has 0 saturated heterocycles. The van der Waals surface area contributed by atoms with E-state index >= 15 is 0 Å². The maximum absolute atomic E-state index is 12.2. The van der Waals surface area contributed by atoms with Crippen LogP contribution in [0.5, 0.6) is 0 Å². The molecule has 0 aliphatic heterocycles. The fraction of sp³-hybridized carbons (Fsp3) is 0.300. The number of nitro benzene ring substituents is 1. The van der Waals surface area contributed by atoms with Crippen molar-refractivity contribution < 1.29 is 9.72 Å². The van der Waals surface area contributed by atoms with Crippen LogP contribution >= 0.6 is 0 Å². The van der Waals surface area contributed by atoms with E-state index in [4.69, 9.17) is 0 Å². The summed E-state index contributed by atoms with van der Waals surface area (Å²) in [5, 5.41) is 15.1. The molecule has 0 radical (unpaired) electrons. The zero-order valence-corrected chi connectivity index (χ0v) is 15.7. The molecule has 0 unspecified atom stereocenters. The number of nitrogens with zero attached hydrogens (tertiary/aromatic N) is 2. The van der Waals surface area contributed by atoms with Gasteiger partial charge in [0, 0.05) is 22.8 Å². The first-order valence-corrected chi connectivity index (χ1v) is 8.30. The monoisotopic (exact) mass is 353 g/mol. The van der Waals surface area contributed by atoms with E-state index in [0.717, 1.165) is 5.56 Å². The summed E-state index contributed by atoms with van der Waals surface area (Å²) in [5.41, 5.74) is 5.85. The van der Waals surface area contributed by atoms with Gasteiger partial charge in [-0.15, -0.1) is 0 Å². The van der Waals surface area contributed by atoms with Gasteiger partial charge in [0.25, 0.3) is 11.6 Å². The third-order valence-electron chi connectivity index (χ3n) is 4.16. The lowest BCUT2D eigenvalue weighted by Crippen LogP contribution is -2.20. The molecule has 2 aromatic rings. The number of carbonyl (C=O) groups is 1. The number of carbonyl (C=O) groups excluding carboxylic acids is 1. The van der Waals surface area contributed by atoms with Crippen LogP contribution in [-0.2, 0) is 5.41 Å². The SMILES string of the molecule is CC(=NNC(=O)c1ccc(C(C)(C)C)cc1)c1ccc(C)c([N+](=O)[O-])c1. The van der Waals surface area contributed by atoms with E-state index in [0.29, 0.717) is 22.4 Å². The Morgan fingerprint density at radius 2 is 1.65 bits per heavy atom. The molecule has 1 N–H and O–H groups in total. The number of hydrogen-bond donors (Lipinski definition) is 1. The minimum Gasteiger partial charge on any atom is -0.267 e. The maximum Gasteiger partial charge on any atom is 0.272 e. The average molecular weight is 353 g/mol. The predicted molar refractivity (Wildman–Crippen MR) is 103 cm³/mol. The first-order valence-electron chi connectivity index (χ1n) is 8.30. The van der Waals surface area contributed by atoms with Crippen LogP contribution in [0.4, 0.5) is 5.69 Å². The smallest absolute Gasteiger partial charge is 0.267 e. The Morgan fingerprint density at radius 1 is 1.08 bits per heavy atom. The summed E-state index contributed by atoms with van der Waals surface area (Å²) in [6, 6.07) is 12.2. The molecule has 6 nitrogen and oxygen atoms in total. The van der Waals surface area contributed by atoms with Crippen molar-refractivity contribution in [1.29, 1.82) is 0 Å². The summed E-state index contributed by atoms with van der Waals surface area (Å²) in [5.74, 6) is -0.327. The normalized spacial score (nSPS) is 12.0. The van der Waals surface area contributed by atoms with E-state index in [-0.39, 0.29) is 17.0 Å². The van der Waals surface area contributed by atoms with Crippen molar-refractivity contribution in [1.82, 2.24) is 5.43 Å². The number of rotatable bonds is 4. The topological polar surface area (TPSA) is 84.6 Å². The fourth-order valence-electron chi connectivity index (χ4n) is 2.42. The lowest BCUT2D eigenvalue weighted by molar-refractivity contribution is -0.385. The molecule has 26 heavy (non-hydrogen) atoms. The van der Waals surface area contributed by atoms with E-state index in [1.807, 2.05) is 12.1 Å². The number of amides is 1. The third kappa shape index (κ3) is 4.53. The Kier molecular flexibility index (Phi) is 5.55. The highest BCUT2D eigenvalue weighted by Gasteiger charge is 2.15. The summed E-state index contributed by atoms with van der Waals surface area (Å²) in [4.78, 5) is 22.9. The lowest BCUT2D eigenvalue weighted by atomic mass is 9.87. The minimum atomic E-state index is -0.429. The Bertz CT molecular complexity index is 863. The highest BCUT2D eigenvalue weighted by molar-refractivity contribution is 6.01. The molecule has 2 aromatic carbocycles. The molecule has 0 aliphatic carbocycles. The van der Waals surface area contributed by atoms with Crippen LogP contribution in [0.25, 0.3) is 0 Å². The van der Waals surface area contributed by atoms with Crippen molar-refractivity contribution in [2.45, 2.75) is 40.0 Å². The zero-order chi connectivity index (χ0) is 19.5. The molecule has 0 fully saturated rings. The molecule has 2 rings (SSSR count). The molecule has 0 atom stereocenters. The van der Waals surface area contributed by atoms with E-state index < -0.39 is 4.92 Å². The van der Waals surface area contributed by atoms with Crippen LogP contribution in [0.2, 0.25) is 0 Å². The van der Waals surface area contributed by atoms with Gasteiger partial charge in [0.2, 0.25) is 0 Å². The van der Waals surface area contributed by atoms with Gasteiger partial charge in [-0.05, 0) is 37.0 Å². The molecule has 0 spiro atoms. The van der Waals surface area contributed by atoms with Crippen molar-refractivity contribution in [2.75, 3.05) is 0 Å². The predicted octanol–water partition coefficient (Wildman–Crippen LogP) is 4.35. The number of aryl methyl sites for hydroxylation is 1. The average Bonchev–Trinajstić information content (AvgIpc) is 2.58. The lowest BCUT2D eigenvalue weighted by Gasteiger charge is -2.18. The van der Waals surface area contributed by atoms with E-state index in [9.17, 15) is 14.9 Å². The molecule has 136 valence electrons. The Labute approximate surface area is 153 Å². The Morgan fingerprint density at radius 3 is 2.19 bits per heavy atom. The molecule has 6 heteroatoms. The van der Waals surface area contributed by atoms with Crippen molar-refractivity contribution in [3.05, 3.63) is 74.8 Å². The van der Waals surface area contributed by atoms with Crippen molar-refractivity contribution in [3.63, 3.8) is 0 Å². The van der Waals surface area contributed by atoms with Crippen LogP contribution in [0, 0.1) is 17.0 Å². The molecule has 0 saturated carbocycles. The van der Waals surface area contributed by atoms with Crippen LogP contribution < -0.4 is 5.43 Å². The number of hydrazone groups is 1. The van der Waals surface area contributed by atoms with Gasteiger partial charge in [-0.1, -0.05) is 45.0 Å². The van der Waals surface area contributed by atoms with Crippen LogP contribution in [0.1, 0.15) is 54.7 Å². The highest BCUT2D eigenvalue weighted by atomic mass is 16.6. The second kappa shape index (κ2) is 7.47. The Hall–Kier alpha value is -3.02. The molecule has 0 aliphatic rings. The van der Waals surface area contributed by atoms with Crippen LogP contribution in [0.15, 0.2) is 47.6 Å². The number of nitro groups is 1. The maximum atomic E-state index is 12.2.